The van der Waals surface area contributed by atoms with Crippen molar-refractivity contribution in [3.05, 3.63) is 59.4 Å². The van der Waals surface area contributed by atoms with Crippen molar-refractivity contribution >= 4 is 11.8 Å². The van der Waals surface area contributed by atoms with Gasteiger partial charge >= 0.3 is 0 Å². The summed E-state index contributed by atoms with van der Waals surface area (Å²) in [5, 5.41) is 0. The van der Waals surface area contributed by atoms with Crippen LogP contribution in [-0.2, 0) is 27.4 Å². The average molecular weight is 456 g/mol. The number of hydrogen-bond donors (Lipinski definition) is 0. The molecule has 33 heavy (non-hydrogen) atoms. The zero-order chi connectivity index (χ0) is 24.4. The first-order valence-corrected chi connectivity index (χ1v) is 11.9. The quantitative estimate of drug-likeness (QED) is 0.469. The first-order chi connectivity index (χ1) is 15.7. The van der Waals surface area contributed by atoms with E-state index in [2.05, 4.69) is 54.9 Å². The number of ether oxygens (including phenoxy) is 1. The van der Waals surface area contributed by atoms with Crippen LogP contribution in [0.4, 0.5) is 0 Å². The fraction of sp³-hybridized carbons (Fsp3) is 0.556. The van der Waals surface area contributed by atoms with Crippen molar-refractivity contribution in [1.29, 1.82) is 0 Å². The van der Waals surface area contributed by atoms with Crippen LogP contribution in [0.1, 0.15) is 63.8 Å². The van der Waals surface area contributed by atoms with Gasteiger partial charge in [0.25, 0.3) is 0 Å². The summed E-state index contributed by atoms with van der Waals surface area (Å²) in [4.78, 5) is 29.7. The number of aromatic nitrogens is 1. The van der Waals surface area contributed by atoms with Crippen molar-refractivity contribution in [1.82, 2.24) is 14.4 Å². The van der Waals surface area contributed by atoms with Crippen LogP contribution in [-0.4, -0.2) is 58.5 Å². The van der Waals surface area contributed by atoms with E-state index in [1.165, 1.54) is 11.1 Å². The monoisotopic (exact) mass is 455 g/mol. The van der Waals surface area contributed by atoms with Gasteiger partial charge in [0.1, 0.15) is 0 Å². The summed E-state index contributed by atoms with van der Waals surface area (Å²) in [5.41, 5.74) is 3.15. The number of carbonyl (C=O) groups is 2. The van der Waals surface area contributed by atoms with Crippen LogP contribution in [0, 0.1) is 6.92 Å². The summed E-state index contributed by atoms with van der Waals surface area (Å²) in [7, 11) is 1.61. The van der Waals surface area contributed by atoms with Crippen LogP contribution >= 0.6 is 0 Å². The summed E-state index contributed by atoms with van der Waals surface area (Å²) < 4.78 is 7.37. The van der Waals surface area contributed by atoms with Crippen molar-refractivity contribution in [2.24, 2.45) is 0 Å². The molecule has 0 aliphatic rings. The zero-order valence-corrected chi connectivity index (χ0v) is 21.3. The van der Waals surface area contributed by atoms with Gasteiger partial charge in [-0.05, 0) is 51.8 Å². The third kappa shape index (κ3) is 8.35. The third-order valence-electron chi connectivity index (χ3n) is 5.78. The largest absolute Gasteiger partial charge is 0.383 e. The van der Waals surface area contributed by atoms with Gasteiger partial charge in [0, 0.05) is 44.0 Å². The van der Waals surface area contributed by atoms with Gasteiger partial charge in [-0.15, -0.1) is 0 Å². The first-order valence-electron chi connectivity index (χ1n) is 11.9. The lowest BCUT2D eigenvalue weighted by Gasteiger charge is -2.37. The Morgan fingerprint density at radius 1 is 1.09 bits per heavy atom. The van der Waals surface area contributed by atoms with E-state index in [0.29, 0.717) is 26.1 Å². The second-order valence-electron chi connectivity index (χ2n) is 9.68. The molecule has 1 heterocycles. The Labute approximate surface area is 199 Å². The number of hydrogen-bond acceptors (Lipinski definition) is 3. The van der Waals surface area contributed by atoms with E-state index in [9.17, 15) is 9.59 Å². The molecule has 0 aliphatic heterocycles. The van der Waals surface area contributed by atoms with E-state index in [4.69, 9.17) is 4.74 Å². The Bertz CT molecular complexity index is 898. The zero-order valence-electron chi connectivity index (χ0n) is 21.3. The number of benzene rings is 1. The summed E-state index contributed by atoms with van der Waals surface area (Å²) >= 11 is 0. The number of nitrogens with zero attached hydrogens (tertiary/aromatic N) is 3. The van der Waals surface area contributed by atoms with Gasteiger partial charge in [0.05, 0.1) is 19.7 Å². The summed E-state index contributed by atoms with van der Waals surface area (Å²) in [6.07, 6.45) is 4.29. The number of amides is 2. The van der Waals surface area contributed by atoms with E-state index < -0.39 is 0 Å². The minimum Gasteiger partial charge on any atom is -0.383 e. The predicted molar refractivity (Wildman–Crippen MR) is 133 cm³/mol. The average Bonchev–Trinajstić information content (AvgIpc) is 3.18. The molecule has 2 rings (SSSR count). The van der Waals surface area contributed by atoms with Gasteiger partial charge in [0.2, 0.25) is 11.8 Å². The molecule has 0 saturated carbocycles. The molecule has 1 aromatic carbocycles. The lowest BCUT2D eigenvalue weighted by molar-refractivity contribution is -0.144. The molecule has 2 aromatic rings. The highest BCUT2D eigenvalue weighted by Crippen LogP contribution is 2.20. The van der Waals surface area contributed by atoms with E-state index in [1.807, 2.05) is 31.7 Å². The Morgan fingerprint density at radius 3 is 2.48 bits per heavy atom. The van der Waals surface area contributed by atoms with Crippen LogP contribution in [0.2, 0.25) is 0 Å². The molecule has 182 valence electrons. The van der Waals surface area contributed by atoms with Gasteiger partial charge in [-0.1, -0.05) is 43.2 Å². The van der Waals surface area contributed by atoms with Crippen LogP contribution < -0.4 is 0 Å². The Balaban J connectivity index is 2.18. The molecule has 0 radical (unpaired) electrons. The normalized spacial score (nSPS) is 11.5. The number of aryl methyl sites for hydroxylation is 1. The predicted octanol–water partition coefficient (Wildman–Crippen LogP) is 4.64. The highest BCUT2D eigenvalue weighted by molar-refractivity contribution is 5.85. The highest BCUT2D eigenvalue weighted by Gasteiger charge is 2.29. The minimum absolute atomic E-state index is 0.0129. The number of unbranched alkanes of at least 4 members (excludes halogenated alkanes) is 1. The Kier molecular flexibility index (Phi) is 10.2. The van der Waals surface area contributed by atoms with E-state index in [1.54, 1.807) is 12.0 Å². The van der Waals surface area contributed by atoms with Crippen LogP contribution in [0.15, 0.2) is 42.6 Å². The van der Waals surface area contributed by atoms with E-state index in [-0.39, 0.29) is 23.9 Å². The van der Waals surface area contributed by atoms with Gasteiger partial charge in [0.15, 0.2) is 0 Å². The maximum absolute atomic E-state index is 13.5. The van der Waals surface area contributed by atoms with Crippen molar-refractivity contribution in [2.45, 2.75) is 72.5 Å². The molecule has 0 fully saturated rings. The summed E-state index contributed by atoms with van der Waals surface area (Å²) in [5.74, 6) is -0.0364. The summed E-state index contributed by atoms with van der Waals surface area (Å²) in [6.45, 7) is 12.4. The van der Waals surface area contributed by atoms with Crippen LogP contribution in [0.25, 0.3) is 0 Å². The minimum atomic E-state index is -0.380. The molecule has 0 atom stereocenters. The molecule has 0 bridgehead atoms. The van der Waals surface area contributed by atoms with E-state index in [0.717, 1.165) is 25.1 Å². The van der Waals surface area contributed by atoms with Crippen molar-refractivity contribution in [3.63, 3.8) is 0 Å². The smallest absolute Gasteiger partial charge is 0.242 e. The molecular weight excluding hydrogens is 414 g/mol. The Morgan fingerprint density at radius 2 is 1.85 bits per heavy atom. The molecule has 0 N–H and O–H groups in total. The molecular formula is C27H41N3O3. The van der Waals surface area contributed by atoms with Crippen LogP contribution in [0.5, 0.6) is 0 Å². The second-order valence-corrected chi connectivity index (χ2v) is 9.68. The standard InChI is InChI=1S/C27H41N3O3/c1-7-8-14-25(31)29(16-17-33-6)21-26(32)30(27(3,4)5)20-24-13-10-15-28(24)19-23-12-9-11-22(2)18-23/h9-13,15,18H,7-8,14,16-17,19-21H2,1-6H3. The Hall–Kier alpha value is -2.60. The first kappa shape index (κ1) is 26.7. The fourth-order valence-corrected chi connectivity index (χ4v) is 3.84. The molecule has 0 spiro atoms. The second kappa shape index (κ2) is 12.6. The van der Waals surface area contributed by atoms with Gasteiger partial charge in [-0.2, -0.15) is 0 Å². The fourth-order valence-electron chi connectivity index (χ4n) is 3.84. The number of rotatable bonds is 12. The van der Waals surface area contributed by atoms with Gasteiger partial charge in [-0.3, -0.25) is 9.59 Å². The SMILES string of the molecule is CCCCC(=O)N(CCOC)CC(=O)N(Cc1cccn1Cc1cccc(C)c1)C(C)(C)C. The third-order valence-corrected chi connectivity index (χ3v) is 5.78. The highest BCUT2D eigenvalue weighted by atomic mass is 16.5. The molecule has 0 aliphatic carbocycles. The molecule has 6 heteroatoms. The topological polar surface area (TPSA) is 54.8 Å². The van der Waals surface area contributed by atoms with Crippen molar-refractivity contribution < 1.29 is 14.3 Å². The van der Waals surface area contributed by atoms with Crippen molar-refractivity contribution in [3.8, 4) is 0 Å². The maximum atomic E-state index is 13.5. The number of carbonyl (C=O) groups excluding carboxylic acids is 2. The van der Waals surface area contributed by atoms with Crippen molar-refractivity contribution in [2.75, 3.05) is 26.8 Å². The lowest BCUT2D eigenvalue weighted by Crippen LogP contribution is -2.50. The molecule has 6 nitrogen and oxygen atoms in total. The summed E-state index contributed by atoms with van der Waals surface area (Å²) in [6, 6.07) is 12.6. The van der Waals surface area contributed by atoms with Gasteiger partial charge in [-0.25, -0.2) is 0 Å². The molecule has 2 amide bonds. The maximum Gasteiger partial charge on any atom is 0.242 e. The van der Waals surface area contributed by atoms with Gasteiger partial charge < -0.3 is 19.1 Å². The molecule has 0 unspecified atom stereocenters. The molecule has 1 aromatic heterocycles. The van der Waals surface area contributed by atoms with E-state index >= 15 is 0 Å². The molecule has 0 saturated heterocycles. The number of methoxy groups -OCH3 is 1. The van der Waals surface area contributed by atoms with Crippen LogP contribution in [0.3, 0.4) is 0 Å². The lowest BCUT2D eigenvalue weighted by atomic mass is 10.0.